The number of amides is 2. The van der Waals surface area contributed by atoms with Crippen LogP contribution in [0.5, 0.6) is 0 Å². The van der Waals surface area contributed by atoms with Crippen LogP contribution in [0.2, 0.25) is 0 Å². The first-order valence-corrected chi connectivity index (χ1v) is 8.36. The predicted octanol–water partition coefficient (Wildman–Crippen LogP) is 2.64. The van der Waals surface area contributed by atoms with Crippen molar-refractivity contribution < 1.29 is 9.59 Å². The van der Waals surface area contributed by atoms with Crippen molar-refractivity contribution in [3.05, 3.63) is 35.4 Å². The van der Waals surface area contributed by atoms with Crippen LogP contribution in [0, 0.1) is 12.3 Å². The van der Waals surface area contributed by atoms with Crippen LogP contribution in [-0.4, -0.2) is 47.8 Å². The summed E-state index contributed by atoms with van der Waals surface area (Å²) in [6.07, 6.45) is 1.00. The smallest absolute Gasteiger partial charge is 0.227 e. The Morgan fingerprint density at radius 2 is 1.57 bits per heavy atom. The largest absolute Gasteiger partial charge is 0.339 e. The maximum atomic E-state index is 12.4. The maximum absolute atomic E-state index is 12.4. The van der Waals surface area contributed by atoms with Crippen LogP contribution in [0.25, 0.3) is 0 Å². The summed E-state index contributed by atoms with van der Waals surface area (Å²) in [5.41, 5.74) is 2.24. The first kappa shape index (κ1) is 17.5. The summed E-state index contributed by atoms with van der Waals surface area (Å²) in [5.74, 6) is 0.349. The minimum absolute atomic E-state index is 0.00913. The lowest BCUT2D eigenvalue weighted by atomic mass is 9.91. The number of piperazine rings is 1. The molecule has 0 spiro atoms. The van der Waals surface area contributed by atoms with Gasteiger partial charge in [-0.15, -0.1) is 0 Å². The summed E-state index contributed by atoms with van der Waals surface area (Å²) >= 11 is 0. The van der Waals surface area contributed by atoms with Gasteiger partial charge < -0.3 is 9.80 Å². The van der Waals surface area contributed by atoms with Crippen LogP contribution in [-0.2, 0) is 16.0 Å². The monoisotopic (exact) mass is 316 g/mol. The van der Waals surface area contributed by atoms with Gasteiger partial charge in [0, 0.05) is 32.6 Å². The van der Waals surface area contributed by atoms with Crippen LogP contribution in [0.3, 0.4) is 0 Å². The number of aryl methyl sites for hydroxylation is 1. The number of nitrogens with zero attached hydrogens (tertiary/aromatic N) is 2. The lowest BCUT2D eigenvalue weighted by molar-refractivity contribution is -0.140. The van der Waals surface area contributed by atoms with Crippen molar-refractivity contribution in [2.75, 3.05) is 26.2 Å². The molecule has 1 aliphatic rings. The van der Waals surface area contributed by atoms with Gasteiger partial charge in [-0.05, 0) is 17.9 Å². The highest BCUT2D eigenvalue weighted by Gasteiger charge is 2.26. The van der Waals surface area contributed by atoms with E-state index in [0.717, 1.165) is 5.56 Å². The molecule has 2 rings (SSSR count). The summed E-state index contributed by atoms with van der Waals surface area (Å²) in [4.78, 5) is 28.4. The molecule has 1 heterocycles. The molecule has 0 radical (unpaired) electrons. The Kier molecular flexibility index (Phi) is 5.45. The van der Waals surface area contributed by atoms with Crippen molar-refractivity contribution in [3.63, 3.8) is 0 Å². The third kappa shape index (κ3) is 5.38. The summed E-state index contributed by atoms with van der Waals surface area (Å²) in [6, 6.07) is 8.07. The van der Waals surface area contributed by atoms with Gasteiger partial charge in [-0.25, -0.2) is 0 Å². The van der Waals surface area contributed by atoms with Gasteiger partial charge in [-0.2, -0.15) is 0 Å². The zero-order chi connectivity index (χ0) is 17.0. The zero-order valence-electron chi connectivity index (χ0n) is 14.8. The third-order valence-electron chi connectivity index (χ3n) is 4.10. The molecule has 0 saturated carbocycles. The van der Waals surface area contributed by atoms with E-state index in [-0.39, 0.29) is 17.2 Å². The molecule has 0 atom stereocenters. The van der Waals surface area contributed by atoms with Crippen LogP contribution < -0.4 is 0 Å². The fraction of sp³-hybridized carbons (Fsp3) is 0.579. The maximum Gasteiger partial charge on any atom is 0.227 e. The Morgan fingerprint density at radius 3 is 2.09 bits per heavy atom. The van der Waals surface area contributed by atoms with Gasteiger partial charge in [0.15, 0.2) is 0 Å². The zero-order valence-corrected chi connectivity index (χ0v) is 14.8. The van der Waals surface area contributed by atoms with E-state index in [0.29, 0.717) is 39.0 Å². The molecular weight excluding hydrogens is 288 g/mol. The van der Waals surface area contributed by atoms with Crippen LogP contribution >= 0.6 is 0 Å². The number of benzene rings is 1. The minimum atomic E-state index is 0.00913. The molecule has 0 aliphatic carbocycles. The van der Waals surface area contributed by atoms with E-state index in [9.17, 15) is 9.59 Å². The SMILES string of the molecule is Cc1cccc(CC(=O)N2CCN(C(=O)CC(C)(C)C)CC2)c1. The first-order chi connectivity index (χ1) is 10.7. The van der Waals surface area contributed by atoms with E-state index in [2.05, 4.69) is 26.8 Å². The topological polar surface area (TPSA) is 40.6 Å². The van der Waals surface area contributed by atoms with E-state index in [1.165, 1.54) is 5.56 Å². The van der Waals surface area contributed by atoms with Gasteiger partial charge in [0.05, 0.1) is 6.42 Å². The standard InChI is InChI=1S/C19H28N2O2/c1-15-6-5-7-16(12-15)13-17(22)20-8-10-21(11-9-20)18(23)14-19(2,3)4/h5-7,12H,8-11,13-14H2,1-4H3. The Labute approximate surface area is 139 Å². The molecule has 23 heavy (non-hydrogen) atoms. The molecule has 0 N–H and O–H groups in total. The summed E-state index contributed by atoms with van der Waals surface area (Å²) in [5, 5.41) is 0. The number of rotatable bonds is 3. The molecule has 1 aromatic rings. The Balaban J connectivity index is 1.84. The molecule has 1 fully saturated rings. The quantitative estimate of drug-likeness (QED) is 0.860. The number of hydrogen-bond donors (Lipinski definition) is 0. The third-order valence-corrected chi connectivity index (χ3v) is 4.10. The van der Waals surface area contributed by atoms with E-state index in [1.54, 1.807) is 0 Å². The van der Waals surface area contributed by atoms with Crippen molar-refractivity contribution in [1.82, 2.24) is 9.80 Å². The fourth-order valence-electron chi connectivity index (χ4n) is 2.88. The molecule has 0 bridgehead atoms. The summed E-state index contributed by atoms with van der Waals surface area (Å²) < 4.78 is 0. The average Bonchev–Trinajstić information content (AvgIpc) is 2.45. The number of carbonyl (C=O) groups is 2. The molecule has 126 valence electrons. The van der Waals surface area contributed by atoms with E-state index < -0.39 is 0 Å². The van der Waals surface area contributed by atoms with Crippen LogP contribution in [0.15, 0.2) is 24.3 Å². The molecular formula is C19H28N2O2. The van der Waals surface area contributed by atoms with Gasteiger partial charge in [0.1, 0.15) is 0 Å². The number of hydrogen-bond acceptors (Lipinski definition) is 2. The van der Waals surface area contributed by atoms with Gasteiger partial charge in [-0.1, -0.05) is 50.6 Å². The molecule has 1 aliphatic heterocycles. The molecule has 1 aromatic carbocycles. The van der Waals surface area contributed by atoms with E-state index in [4.69, 9.17) is 0 Å². The highest BCUT2D eigenvalue weighted by Crippen LogP contribution is 2.20. The van der Waals surface area contributed by atoms with E-state index >= 15 is 0 Å². The first-order valence-electron chi connectivity index (χ1n) is 8.36. The fourth-order valence-corrected chi connectivity index (χ4v) is 2.88. The molecule has 1 saturated heterocycles. The predicted molar refractivity (Wildman–Crippen MR) is 92.1 cm³/mol. The van der Waals surface area contributed by atoms with Crippen molar-refractivity contribution in [1.29, 1.82) is 0 Å². The molecule has 4 heteroatoms. The Hall–Kier alpha value is -1.84. The summed E-state index contributed by atoms with van der Waals surface area (Å²) in [6.45, 7) is 10.8. The minimum Gasteiger partial charge on any atom is -0.339 e. The lowest BCUT2D eigenvalue weighted by Gasteiger charge is -2.36. The normalized spacial score (nSPS) is 15.7. The van der Waals surface area contributed by atoms with Crippen LogP contribution in [0.1, 0.15) is 38.3 Å². The van der Waals surface area contributed by atoms with Gasteiger partial charge in [0.25, 0.3) is 0 Å². The highest BCUT2D eigenvalue weighted by molar-refractivity contribution is 5.80. The molecule has 4 nitrogen and oxygen atoms in total. The number of carbonyl (C=O) groups excluding carboxylic acids is 2. The Bertz CT molecular complexity index is 567. The second kappa shape index (κ2) is 7.16. The molecule has 0 aromatic heterocycles. The molecule has 0 unspecified atom stereocenters. The lowest BCUT2D eigenvalue weighted by Crippen LogP contribution is -2.51. The second-order valence-electron chi connectivity index (χ2n) is 7.66. The van der Waals surface area contributed by atoms with Gasteiger partial charge >= 0.3 is 0 Å². The van der Waals surface area contributed by atoms with Crippen molar-refractivity contribution >= 4 is 11.8 Å². The highest BCUT2D eigenvalue weighted by atomic mass is 16.2. The Morgan fingerprint density at radius 1 is 1.00 bits per heavy atom. The van der Waals surface area contributed by atoms with Crippen molar-refractivity contribution in [2.45, 2.75) is 40.5 Å². The average molecular weight is 316 g/mol. The van der Waals surface area contributed by atoms with Gasteiger partial charge in [0.2, 0.25) is 11.8 Å². The molecule has 2 amide bonds. The van der Waals surface area contributed by atoms with Gasteiger partial charge in [-0.3, -0.25) is 9.59 Å². The van der Waals surface area contributed by atoms with E-state index in [1.807, 2.05) is 34.9 Å². The van der Waals surface area contributed by atoms with Crippen LogP contribution in [0.4, 0.5) is 0 Å². The van der Waals surface area contributed by atoms with Crippen molar-refractivity contribution in [3.8, 4) is 0 Å². The van der Waals surface area contributed by atoms with Crippen molar-refractivity contribution in [2.24, 2.45) is 5.41 Å². The second-order valence-corrected chi connectivity index (χ2v) is 7.66. The summed E-state index contributed by atoms with van der Waals surface area (Å²) in [7, 11) is 0.